The van der Waals surface area contributed by atoms with Gasteiger partial charge in [0.05, 0.1) is 6.20 Å². The molecular formula is C23H34N8. The molecule has 31 heavy (non-hydrogen) atoms. The molecular weight excluding hydrogens is 388 g/mol. The van der Waals surface area contributed by atoms with E-state index in [0.717, 1.165) is 53.9 Å². The maximum atomic E-state index is 4.92. The predicted molar refractivity (Wildman–Crippen MR) is 127 cm³/mol. The lowest BCUT2D eigenvalue weighted by molar-refractivity contribution is 0.389. The average Bonchev–Trinajstić information content (AvgIpc) is 3.21. The van der Waals surface area contributed by atoms with Crippen molar-refractivity contribution < 1.29 is 0 Å². The van der Waals surface area contributed by atoms with Gasteiger partial charge in [0, 0.05) is 50.6 Å². The van der Waals surface area contributed by atoms with E-state index < -0.39 is 0 Å². The Morgan fingerprint density at radius 3 is 2.77 bits per heavy atom. The van der Waals surface area contributed by atoms with E-state index in [1.165, 1.54) is 12.8 Å². The Hall–Kier alpha value is -2.87. The van der Waals surface area contributed by atoms with Crippen molar-refractivity contribution in [1.82, 2.24) is 24.9 Å². The molecule has 3 N–H and O–H groups in total. The number of anilines is 3. The van der Waals surface area contributed by atoms with Crippen molar-refractivity contribution >= 4 is 23.1 Å². The molecule has 8 nitrogen and oxygen atoms in total. The van der Waals surface area contributed by atoms with Crippen LogP contribution < -0.4 is 20.9 Å². The first-order chi connectivity index (χ1) is 15.0. The maximum absolute atomic E-state index is 4.92. The molecule has 0 bridgehead atoms. The van der Waals surface area contributed by atoms with E-state index >= 15 is 0 Å². The van der Waals surface area contributed by atoms with Gasteiger partial charge in [-0.3, -0.25) is 0 Å². The SMILES string of the molecule is CC(C)c1cnn2c(NCc3cccnc3N(C)C)cc(NCC3CCNCC3)nc12. The lowest BCUT2D eigenvalue weighted by atomic mass is 9.98. The highest BCUT2D eigenvalue weighted by Gasteiger charge is 2.17. The molecule has 0 amide bonds. The number of fused-ring (bicyclic) bond motifs is 1. The van der Waals surface area contributed by atoms with Crippen LogP contribution in [0.2, 0.25) is 0 Å². The third-order valence-corrected chi connectivity index (χ3v) is 5.90. The first-order valence-electron chi connectivity index (χ1n) is 11.2. The van der Waals surface area contributed by atoms with Gasteiger partial charge in [-0.05, 0) is 43.8 Å². The van der Waals surface area contributed by atoms with Gasteiger partial charge in [0.1, 0.15) is 17.5 Å². The molecule has 0 aromatic carbocycles. The van der Waals surface area contributed by atoms with E-state index in [1.807, 2.05) is 42.0 Å². The highest BCUT2D eigenvalue weighted by Crippen LogP contribution is 2.25. The molecule has 8 heteroatoms. The Kier molecular flexibility index (Phi) is 6.56. The van der Waals surface area contributed by atoms with Crippen LogP contribution in [0.25, 0.3) is 5.65 Å². The van der Waals surface area contributed by atoms with Crippen molar-refractivity contribution in [3.8, 4) is 0 Å². The molecule has 1 saturated heterocycles. The molecule has 0 unspecified atom stereocenters. The minimum absolute atomic E-state index is 0.358. The van der Waals surface area contributed by atoms with Crippen LogP contribution in [0.5, 0.6) is 0 Å². The smallest absolute Gasteiger partial charge is 0.163 e. The van der Waals surface area contributed by atoms with Crippen LogP contribution in [0.15, 0.2) is 30.6 Å². The molecule has 3 aromatic heterocycles. The van der Waals surface area contributed by atoms with E-state index in [4.69, 9.17) is 4.98 Å². The summed E-state index contributed by atoms with van der Waals surface area (Å²) >= 11 is 0. The van der Waals surface area contributed by atoms with Gasteiger partial charge in [-0.15, -0.1) is 0 Å². The molecule has 4 rings (SSSR count). The molecule has 1 aliphatic rings. The Labute approximate surface area is 184 Å². The van der Waals surface area contributed by atoms with Crippen molar-refractivity contribution in [2.45, 2.75) is 39.2 Å². The van der Waals surface area contributed by atoms with Crippen molar-refractivity contribution in [3.63, 3.8) is 0 Å². The van der Waals surface area contributed by atoms with Gasteiger partial charge in [0.2, 0.25) is 0 Å². The summed E-state index contributed by atoms with van der Waals surface area (Å²) in [5.74, 6) is 3.83. The molecule has 0 radical (unpaired) electrons. The zero-order chi connectivity index (χ0) is 21.8. The summed E-state index contributed by atoms with van der Waals surface area (Å²) in [5.41, 5.74) is 3.20. The van der Waals surface area contributed by atoms with Crippen molar-refractivity contribution in [2.75, 3.05) is 49.3 Å². The molecule has 0 atom stereocenters. The monoisotopic (exact) mass is 422 g/mol. The van der Waals surface area contributed by atoms with E-state index in [-0.39, 0.29) is 0 Å². The molecule has 1 aliphatic heterocycles. The van der Waals surface area contributed by atoms with Gasteiger partial charge in [0.15, 0.2) is 5.65 Å². The van der Waals surface area contributed by atoms with Crippen molar-refractivity contribution in [1.29, 1.82) is 0 Å². The predicted octanol–water partition coefficient (Wildman–Crippen LogP) is 3.34. The van der Waals surface area contributed by atoms with Crippen LogP contribution in [-0.2, 0) is 6.54 Å². The highest BCUT2D eigenvalue weighted by molar-refractivity contribution is 5.61. The van der Waals surface area contributed by atoms with Crippen molar-refractivity contribution in [3.05, 3.63) is 41.7 Å². The molecule has 4 heterocycles. The first-order valence-corrected chi connectivity index (χ1v) is 11.2. The number of nitrogens with one attached hydrogen (secondary N) is 3. The number of aromatic nitrogens is 4. The zero-order valence-corrected chi connectivity index (χ0v) is 19.0. The van der Waals surface area contributed by atoms with Crippen LogP contribution in [0.3, 0.4) is 0 Å². The maximum Gasteiger partial charge on any atom is 0.163 e. The summed E-state index contributed by atoms with van der Waals surface area (Å²) in [7, 11) is 4.03. The second-order valence-electron chi connectivity index (χ2n) is 8.83. The van der Waals surface area contributed by atoms with Crippen LogP contribution in [0.4, 0.5) is 17.5 Å². The minimum Gasteiger partial charge on any atom is -0.370 e. The number of pyridine rings is 1. The minimum atomic E-state index is 0.358. The number of piperidine rings is 1. The Morgan fingerprint density at radius 2 is 2.03 bits per heavy atom. The Balaban J connectivity index is 1.60. The topological polar surface area (TPSA) is 82.4 Å². The number of rotatable bonds is 8. The van der Waals surface area contributed by atoms with Gasteiger partial charge in [-0.25, -0.2) is 9.97 Å². The van der Waals surface area contributed by atoms with Crippen molar-refractivity contribution in [2.24, 2.45) is 5.92 Å². The first kappa shape index (κ1) is 21.4. The summed E-state index contributed by atoms with van der Waals surface area (Å²) in [6, 6.07) is 6.15. The molecule has 0 aliphatic carbocycles. The zero-order valence-electron chi connectivity index (χ0n) is 19.0. The molecule has 3 aromatic rings. The molecule has 0 saturated carbocycles. The van der Waals surface area contributed by atoms with Gasteiger partial charge < -0.3 is 20.9 Å². The fourth-order valence-corrected chi connectivity index (χ4v) is 4.10. The van der Waals surface area contributed by atoms with Gasteiger partial charge in [-0.2, -0.15) is 9.61 Å². The van der Waals surface area contributed by atoms with Gasteiger partial charge in [-0.1, -0.05) is 19.9 Å². The normalized spacial score (nSPS) is 14.9. The lowest BCUT2D eigenvalue weighted by Crippen LogP contribution is -2.31. The third kappa shape index (κ3) is 4.90. The second kappa shape index (κ2) is 9.51. The van der Waals surface area contributed by atoms with E-state index in [1.54, 1.807) is 0 Å². The Morgan fingerprint density at radius 1 is 1.23 bits per heavy atom. The third-order valence-electron chi connectivity index (χ3n) is 5.90. The molecule has 0 spiro atoms. The fraction of sp³-hybridized carbons (Fsp3) is 0.522. The van der Waals surface area contributed by atoms with Gasteiger partial charge in [0.25, 0.3) is 0 Å². The largest absolute Gasteiger partial charge is 0.370 e. The molecule has 1 fully saturated rings. The number of nitrogens with zero attached hydrogens (tertiary/aromatic N) is 5. The van der Waals surface area contributed by atoms with E-state index in [9.17, 15) is 0 Å². The lowest BCUT2D eigenvalue weighted by Gasteiger charge is -2.23. The van der Waals surface area contributed by atoms with Crippen LogP contribution in [-0.4, -0.2) is 53.3 Å². The van der Waals surface area contributed by atoms with E-state index in [0.29, 0.717) is 18.4 Å². The number of hydrogen-bond donors (Lipinski definition) is 3. The summed E-state index contributed by atoms with van der Waals surface area (Å²) in [4.78, 5) is 11.5. The van der Waals surface area contributed by atoms with Gasteiger partial charge >= 0.3 is 0 Å². The highest BCUT2D eigenvalue weighted by atomic mass is 15.3. The second-order valence-corrected chi connectivity index (χ2v) is 8.83. The Bertz CT molecular complexity index is 1000. The van der Waals surface area contributed by atoms with Crippen LogP contribution in [0.1, 0.15) is 43.7 Å². The number of hydrogen-bond acceptors (Lipinski definition) is 7. The van der Waals surface area contributed by atoms with E-state index in [2.05, 4.69) is 52.0 Å². The quantitative estimate of drug-likeness (QED) is 0.514. The standard InChI is InChI=1S/C23H34N8/c1-16(2)19-15-28-31-21(27-14-18-6-5-9-25-22(18)30(3)4)12-20(29-23(19)31)26-13-17-7-10-24-11-8-17/h5-6,9,12,15-17,24,27H,7-8,10-11,13-14H2,1-4H3,(H,26,29). The van der Waals surface area contributed by atoms with Crippen LogP contribution >= 0.6 is 0 Å². The fourth-order valence-electron chi connectivity index (χ4n) is 4.10. The summed E-state index contributed by atoms with van der Waals surface area (Å²) in [5, 5.41) is 15.2. The van der Waals surface area contributed by atoms with Crippen LogP contribution in [0, 0.1) is 5.92 Å². The summed E-state index contributed by atoms with van der Waals surface area (Å²) in [6.45, 7) is 8.17. The average molecular weight is 423 g/mol. The summed E-state index contributed by atoms with van der Waals surface area (Å²) in [6.07, 6.45) is 6.18. The molecule has 166 valence electrons. The summed E-state index contributed by atoms with van der Waals surface area (Å²) < 4.78 is 1.91.